The second-order valence-electron chi connectivity index (χ2n) is 2.88. The topological polar surface area (TPSA) is 91.8 Å². The van der Waals surface area contributed by atoms with Crippen LogP contribution >= 0.6 is 11.8 Å². The molecular formula is C9H10N4O2S. The lowest BCUT2D eigenvalue weighted by molar-refractivity contribution is -0.385. The molecule has 84 valence electrons. The first-order chi connectivity index (χ1) is 7.69. The maximum Gasteiger partial charge on any atom is 0.289 e. The SMILES string of the molecule is CSCCNc1ncc([N+](=O)[O-])cc1C#N. The Labute approximate surface area is 96.8 Å². The number of aromatic nitrogens is 1. The molecule has 0 aliphatic rings. The van der Waals surface area contributed by atoms with Crippen LogP contribution in [0, 0.1) is 21.4 Å². The molecule has 0 fully saturated rings. The molecule has 1 N–H and O–H groups in total. The molecule has 0 saturated heterocycles. The monoisotopic (exact) mass is 238 g/mol. The zero-order valence-corrected chi connectivity index (χ0v) is 9.45. The van der Waals surface area contributed by atoms with E-state index in [1.165, 1.54) is 6.07 Å². The standard InChI is InChI=1S/C9H10N4O2S/c1-16-3-2-11-9-7(5-10)4-8(6-12-9)13(14)15/h4,6H,2-3H2,1H3,(H,11,12). The molecule has 6 nitrogen and oxygen atoms in total. The Morgan fingerprint density at radius 1 is 1.75 bits per heavy atom. The maximum atomic E-state index is 10.5. The molecule has 16 heavy (non-hydrogen) atoms. The van der Waals surface area contributed by atoms with Gasteiger partial charge in [0.2, 0.25) is 0 Å². The Bertz CT molecular complexity index is 430. The number of nitrogens with zero attached hydrogens (tertiary/aromatic N) is 3. The number of nitro groups is 1. The van der Waals surface area contributed by atoms with Crippen LogP contribution in [0.1, 0.15) is 5.56 Å². The van der Waals surface area contributed by atoms with Crippen molar-refractivity contribution in [1.82, 2.24) is 4.98 Å². The van der Waals surface area contributed by atoms with Gasteiger partial charge in [0.1, 0.15) is 23.6 Å². The van der Waals surface area contributed by atoms with Gasteiger partial charge in [0.25, 0.3) is 5.69 Å². The maximum absolute atomic E-state index is 10.5. The van der Waals surface area contributed by atoms with Gasteiger partial charge >= 0.3 is 0 Å². The highest BCUT2D eigenvalue weighted by atomic mass is 32.2. The van der Waals surface area contributed by atoms with Gasteiger partial charge in [-0.25, -0.2) is 4.98 Å². The van der Waals surface area contributed by atoms with Crippen LogP contribution in [0.15, 0.2) is 12.3 Å². The molecule has 0 amide bonds. The highest BCUT2D eigenvalue weighted by molar-refractivity contribution is 7.98. The lowest BCUT2D eigenvalue weighted by Crippen LogP contribution is -2.07. The molecule has 1 aromatic rings. The predicted molar refractivity (Wildman–Crippen MR) is 62.5 cm³/mol. The summed E-state index contributed by atoms with van der Waals surface area (Å²) in [5, 5.41) is 22.3. The van der Waals surface area contributed by atoms with E-state index >= 15 is 0 Å². The smallest absolute Gasteiger partial charge is 0.289 e. The third kappa shape index (κ3) is 3.10. The molecule has 1 heterocycles. The van der Waals surface area contributed by atoms with Crippen molar-refractivity contribution in [2.24, 2.45) is 0 Å². The summed E-state index contributed by atoms with van der Waals surface area (Å²) in [5.41, 5.74) is 0.0160. The molecule has 0 spiro atoms. The Balaban J connectivity index is 2.86. The lowest BCUT2D eigenvalue weighted by atomic mass is 10.2. The van der Waals surface area contributed by atoms with Gasteiger partial charge in [-0.3, -0.25) is 10.1 Å². The average Bonchev–Trinajstić information content (AvgIpc) is 2.29. The molecule has 1 aromatic heterocycles. The summed E-state index contributed by atoms with van der Waals surface area (Å²) in [5.74, 6) is 1.27. The summed E-state index contributed by atoms with van der Waals surface area (Å²) in [6, 6.07) is 3.10. The Morgan fingerprint density at radius 3 is 3.06 bits per heavy atom. The van der Waals surface area contributed by atoms with Crippen LogP contribution < -0.4 is 5.32 Å². The summed E-state index contributed by atoms with van der Waals surface area (Å²) in [6.07, 6.45) is 3.11. The number of pyridine rings is 1. The molecule has 0 saturated carbocycles. The van der Waals surface area contributed by atoms with E-state index < -0.39 is 4.92 Å². The molecule has 0 atom stereocenters. The number of hydrogen-bond acceptors (Lipinski definition) is 6. The molecular weight excluding hydrogens is 228 g/mol. The van der Waals surface area contributed by atoms with Crippen molar-refractivity contribution in [2.75, 3.05) is 23.9 Å². The number of anilines is 1. The first kappa shape index (κ1) is 12.3. The van der Waals surface area contributed by atoms with Crippen molar-refractivity contribution in [1.29, 1.82) is 5.26 Å². The molecule has 0 bridgehead atoms. The van der Waals surface area contributed by atoms with Gasteiger partial charge < -0.3 is 5.32 Å². The first-order valence-corrected chi connectivity index (χ1v) is 5.85. The molecule has 0 aliphatic carbocycles. The van der Waals surface area contributed by atoms with E-state index in [9.17, 15) is 10.1 Å². The average molecular weight is 238 g/mol. The van der Waals surface area contributed by atoms with Gasteiger partial charge in [-0.2, -0.15) is 17.0 Å². The highest BCUT2D eigenvalue weighted by Gasteiger charge is 2.11. The third-order valence-electron chi connectivity index (χ3n) is 1.80. The van der Waals surface area contributed by atoms with Crippen LogP contribution in [-0.4, -0.2) is 28.5 Å². The summed E-state index contributed by atoms with van der Waals surface area (Å²) in [6.45, 7) is 0.667. The van der Waals surface area contributed by atoms with Crippen LogP contribution in [0.25, 0.3) is 0 Å². The summed E-state index contributed by atoms with van der Waals surface area (Å²) in [4.78, 5) is 13.8. The fourth-order valence-corrected chi connectivity index (χ4v) is 1.36. The van der Waals surface area contributed by atoms with Gasteiger partial charge in [0.05, 0.1) is 4.92 Å². The van der Waals surface area contributed by atoms with E-state index in [0.29, 0.717) is 12.4 Å². The predicted octanol–water partition coefficient (Wildman–Crippen LogP) is 1.64. The van der Waals surface area contributed by atoms with E-state index in [4.69, 9.17) is 5.26 Å². The van der Waals surface area contributed by atoms with E-state index in [1.54, 1.807) is 11.8 Å². The van der Waals surface area contributed by atoms with Crippen molar-refractivity contribution in [3.8, 4) is 6.07 Å². The van der Waals surface area contributed by atoms with Gasteiger partial charge in [0, 0.05) is 18.4 Å². The van der Waals surface area contributed by atoms with Crippen LogP contribution in [0.4, 0.5) is 11.5 Å². The number of nitriles is 1. The Kier molecular flexibility index (Phi) is 4.54. The Morgan fingerprint density at radius 2 is 2.50 bits per heavy atom. The van der Waals surface area contributed by atoms with Crippen molar-refractivity contribution in [3.63, 3.8) is 0 Å². The second kappa shape index (κ2) is 5.92. The number of hydrogen-bond donors (Lipinski definition) is 1. The second-order valence-corrected chi connectivity index (χ2v) is 3.86. The fraction of sp³-hybridized carbons (Fsp3) is 0.333. The molecule has 7 heteroatoms. The van der Waals surface area contributed by atoms with Gasteiger partial charge in [-0.15, -0.1) is 0 Å². The minimum absolute atomic E-state index is 0.174. The number of rotatable bonds is 5. The molecule has 0 radical (unpaired) electrons. The first-order valence-electron chi connectivity index (χ1n) is 4.46. The van der Waals surface area contributed by atoms with Crippen molar-refractivity contribution in [2.45, 2.75) is 0 Å². The largest absolute Gasteiger partial charge is 0.368 e. The summed E-state index contributed by atoms with van der Waals surface area (Å²) < 4.78 is 0. The van der Waals surface area contributed by atoms with E-state index in [-0.39, 0.29) is 11.3 Å². The number of nitrogens with one attached hydrogen (secondary N) is 1. The van der Waals surface area contributed by atoms with Crippen LogP contribution in [0.3, 0.4) is 0 Å². The summed E-state index contributed by atoms with van der Waals surface area (Å²) in [7, 11) is 0. The van der Waals surface area contributed by atoms with E-state index in [0.717, 1.165) is 11.9 Å². The normalized spacial score (nSPS) is 9.50. The minimum atomic E-state index is -0.570. The lowest BCUT2D eigenvalue weighted by Gasteiger charge is -2.05. The molecule has 1 rings (SSSR count). The summed E-state index contributed by atoms with van der Waals surface area (Å²) >= 11 is 1.66. The number of thioether (sulfide) groups is 1. The van der Waals surface area contributed by atoms with Gasteiger partial charge in [-0.05, 0) is 6.26 Å². The van der Waals surface area contributed by atoms with Gasteiger partial charge in [0.15, 0.2) is 0 Å². The molecule has 0 unspecified atom stereocenters. The minimum Gasteiger partial charge on any atom is -0.368 e. The third-order valence-corrected chi connectivity index (χ3v) is 2.42. The molecule has 0 aromatic carbocycles. The zero-order valence-electron chi connectivity index (χ0n) is 8.64. The quantitative estimate of drug-likeness (QED) is 0.476. The molecule has 0 aliphatic heterocycles. The van der Waals surface area contributed by atoms with E-state index in [2.05, 4.69) is 10.3 Å². The van der Waals surface area contributed by atoms with Crippen LogP contribution in [-0.2, 0) is 0 Å². The van der Waals surface area contributed by atoms with Crippen molar-refractivity contribution in [3.05, 3.63) is 27.9 Å². The fourth-order valence-electron chi connectivity index (χ4n) is 1.05. The van der Waals surface area contributed by atoms with Crippen molar-refractivity contribution < 1.29 is 4.92 Å². The van der Waals surface area contributed by atoms with E-state index in [1.807, 2.05) is 12.3 Å². The Hall–Kier alpha value is -1.81. The van der Waals surface area contributed by atoms with Crippen LogP contribution in [0.2, 0.25) is 0 Å². The zero-order chi connectivity index (χ0) is 12.0. The van der Waals surface area contributed by atoms with Crippen LogP contribution in [0.5, 0.6) is 0 Å². The van der Waals surface area contributed by atoms with Gasteiger partial charge in [-0.1, -0.05) is 0 Å². The highest BCUT2D eigenvalue weighted by Crippen LogP contribution is 2.17. The van der Waals surface area contributed by atoms with Crippen molar-refractivity contribution >= 4 is 23.3 Å².